The molecule has 0 N–H and O–H groups in total. The number of fused-ring (bicyclic) bond motifs is 1. The van der Waals surface area contributed by atoms with Crippen LogP contribution in [0.25, 0.3) is 0 Å². The quantitative estimate of drug-likeness (QED) is 0.846. The minimum absolute atomic E-state index is 0.340. The first kappa shape index (κ1) is 15.9. The fraction of sp³-hybridized carbons (Fsp3) is 0.450. The summed E-state index contributed by atoms with van der Waals surface area (Å²) in [5.41, 5.74) is 1.24. The predicted molar refractivity (Wildman–Crippen MR) is 97.7 cm³/mol. The summed E-state index contributed by atoms with van der Waals surface area (Å²) in [6.45, 7) is 4.05. The average molecular weight is 340 g/mol. The molecule has 24 heavy (non-hydrogen) atoms. The van der Waals surface area contributed by atoms with Gasteiger partial charge in [0.15, 0.2) is 0 Å². The first-order valence-corrected chi connectivity index (χ1v) is 9.76. The SMILES string of the molecule is O=C1CC[C@@H]2CN(Cc3cccs3)CC[C@@H]2N1Cc1ccccc1. The van der Waals surface area contributed by atoms with Gasteiger partial charge in [0.1, 0.15) is 0 Å². The van der Waals surface area contributed by atoms with Crippen molar-refractivity contribution in [2.24, 2.45) is 5.92 Å². The second kappa shape index (κ2) is 7.08. The molecule has 0 unspecified atom stereocenters. The predicted octanol–water partition coefficient (Wildman–Crippen LogP) is 3.76. The summed E-state index contributed by atoms with van der Waals surface area (Å²) in [6.07, 6.45) is 2.87. The van der Waals surface area contributed by atoms with E-state index in [-0.39, 0.29) is 0 Å². The molecular weight excluding hydrogens is 316 g/mol. The highest BCUT2D eigenvalue weighted by Gasteiger charge is 2.39. The average Bonchev–Trinajstić information content (AvgIpc) is 3.11. The molecule has 0 aliphatic carbocycles. The van der Waals surface area contributed by atoms with Crippen LogP contribution in [0.15, 0.2) is 47.8 Å². The molecule has 0 bridgehead atoms. The maximum absolute atomic E-state index is 12.5. The maximum atomic E-state index is 12.5. The fourth-order valence-electron chi connectivity index (χ4n) is 4.18. The number of carbonyl (C=O) groups is 1. The number of likely N-dealkylation sites (tertiary alicyclic amines) is 2. The van der Waals surface area contributed by atoms with Gasteiger partial charge in [-0.1, -0.05) is 36.4 Å². The van der Waals surface area contributed by atoms with Crippen molar-refractivity contribution in [1.29, 1.82) is 0 Å². The lowest BCUT2D eigenvalue weighted by Gasteiger charge is -2.47. The number of hydrogen-bond acceptors (Lipinski definition) is 3. The first-order chi connectivity index (χ1) is 11.8. The van der Waals surface area contributed by atoms with E-state index in [0.29, 0.717) is 24.3 Å². The van der Waals surface area contributed by atoms with Crippen LogP contribution in [0.5, 0.6) is 0 Å². The Morgan fingerprint density at radius 2 is 1.92 bits per heavy atom. The number of amides is 1. The van der Waals surface area contributed by atoms with Gasteiger partial charge in [0.05, 0.1) is 0 Å². The summed E-state index contributed by atoms with van der Waals surface area (Å²) < 4.78 is 0. The molecule has 2 saturated heterocycles. The van der Waals surface area contributed by atoms with Crippen LogP contribution >= 0.6 is 11.3 Å². The van der Waals surface area contributed by atoms with Crippen LogP contribution in [0.1, 0.15) is 29.7 Å². The first-order valence-electron chi connectivity index (χ1n) is 8.88. The smallest absolute Gasteiger partial charge is 0.223 e. The van der Waals surface area contributed by atoms with E-state index < -0.39 is 0 Å². The third kappa shape index (κ3) is 3.40. The molecule has 2 aliphatic rings. The Bertz CT molecular complexity index is 670. The van der Waals surface area contributed by atoms with Crippen molar-refractivity contribution in [1.82, 2.24) is 9.80 Å². The second-order valence-corrected chi connectivity index (χ2v) is 8.01. The number of benzene rings is 1. The van der Waals surface area contributed by atoms with Gasteiger partial charge >= 0.3 is 0 Å². The van der Waals surface area contributed by atoms with Gasteiger partial charge in [-0.05, 0) is 35.8 Å². The third-order valence-corrected chi connectivity index (χ3v) is 6.24. The molecule has 1 aromatic heterocycles. The molecule has 4 heteroatoms. The molecule has 2 fully saturated rings. The molecule has 3 heterocycles. The van der Waals surface area contributed by atoms with Crippen molar-refractivity contribution in [3.63, 3.8) is 0 Å². The molecule has 0 spiro atoms. The molecule has 0 saturated carbocycles. The molecule has 2 aromatic rings. The lowest BCUT2D eigenvalue weighted by atomic mass is 9.83. The van der Waals surface area contributed by atoms with Crippen LogP contribution in [0.2, 0.25) is 0 Å². The molecule has 2 aliphatic heterocycles. The highest BCUT2D eigenvalue weighted by atomic mass is 32.1. The van der Waals surface area contributed by atoms with Gasteiger partial charge in [-0.3, -0.25) is 9.69 Å². The fourth-order valence-corrected chi connectivity index (χ4v) is 4.92. The van der Waals surface area contributed by atoms with Gasteiger partial charge in [0.25, 0.3) is 0 Å². The van der Waals surface area contributed by atoms with Gasteiger partial charge in [-0.2, -0.15) is 0 Å². The number of piperidine rings is 2. The van der Waals surface area contributed by atoms with Crippen molar-refractivity contribution < 1.29 is 4.79 Å². The zero-order valence-corrected chi connectivity index (χ0v) is 14.8. The lowest BCUT2D eigenvalue weighted by Crippen LogP contribution is -2.55. The summed E-state index contributed by atoms with van der Waals surface area (Å²) in [4.78, 5) is 18.7. The minimum atomic E-state index is 0.340. The number of carbonyl (C=O) groups excluding carboxylic acids is 1. The van der Waals surface area contributed by atoms with Gasteiger partial charge in [-0.25, -0.2) is 0 Å². The molecule has 2 atom stereocenters. The third-order valence-electron chi connectivity index (χ3n) is 5.38. The van der Waals surface area contributed by atoms with Gasteiger partial charge < -0.3 is 4.90 Å². The van der Waals surface area contributed by atoms with Crippen LogP contribution in [-0.4, -0.2) is 34.8 Å². The van der Waals surface area contributed by atoms with E-state index in [4.69, 9.17) is 0 Å². The van der Waals surface area contributed by atoms with E-state index in [1.165, 1.54) is 10.4 Å². The van der Waals surface area contributed by atoms with Crippen molar-refractivity contribution in [3.8, 4) is 0 Å². The summed E-state index contributed by atoms with van der Waals surface area (Å²) in [5.74, 6) is 0.965. The number of nitrogens with zero attached hydrogens (tertiary/aromatic N) is 2. The second-order valence-electron chi connectivity index (χ2n) is 6.98. The van der Waals surface area contributed by atoms with E-state index in [1.807, 2.05) is 17.4 Å². The zero-order valence-electron chi connectivity index (χ0n) is 13.9. The number of thiophene rings is 1. The topological polar surface area (TPSA) is 23.6 Å². The number of hydrogen-bond donors (Lipinski definition) is 0. The Morgan fingerprint density at radius 3 is 2.71 bits per heavy atom. The highest BCUT2D eigenvalue weighted by molar-refractivity contribution is 7.09. The standard InChI is InChI=1S/C20H24N2OS/c23-20-9-8-17-14-21(15-18-7-4-12-24-18)11-10-19(17)22(20)13-16-5-2-1-3-6-16/h1-7,12,17,19H,8-11,13-15H2/t17-,19+/m1/s1. The minimum Gasteiger partial charge on any atom is -0.335 e. The molecule has 126 valence electrons. The summed E-state index contributed by atoms with van der Waals surface area (Å²) in [7, 11) is 0. The van der Waals surface area contributed by atoms with Crippen LogP contribution in [0.3, 0.4) is 0 Å². The van der Waals surface area contributed by atoms with Gasteiger partial charge in [0.2, 0.25) is 5.91 Å². The Balaban J connectivity index is 1.43. The molecule has 1 aromatic carbocycles. The molecule has 0 radical (unpaired) electrons. The van der Waals surface area contributed by atoms with E-state index in [1.54, 1.807) is 0 Å². The van der Waals surface area contributed by atoms with Crippen molar-refractivity contribution in [3.05, 3.63) is 58.3 Å². The lowest BCUT2D eigenvalue weighted by molar-refractivity contribution is -0.142. The van der Waals surface area contributed by atoms with E-state index in [2.05, 4.69) is 51.6 Å². The van der Waals surface area contributed by atoms with E-state index in [9.17, 15) is 4.79 Å². The van der Waals surface area contributed by atoms with Crippen molar-refractivity contribution in [2.45, 2.75) is 38.4 Å². The molecule has 3 nitrogen and oxygen atoms in total. The number of rotatable bonds is 4. The van der Waals surface area contributed by atoms with Crippen LogP contribution < -0.4 is 0 Å². The van der Waals surface area contributed by atoms with E-state index >= 15 is 0 Å². The summed E-state index contributed by atoms with van der Waals surface area (Å²) in [5, 5.41) is 2.16. The monoisotopic (exact) mass is 340 g/mol. The van der Waals surface area contributed by atoms with Gasteiger partial charge in [-0.15, -0.1) is 11.3 Å². The Labute approximate surface area is 147 Å². The molecule has 4 rings (SSSR count). The van der Waals surface area contributed by atoms with Crippen LogP contribution in [0.4, 0.5) is 0 Å². The summed E-state index contributed by atoms with van der Waals surface area (Å²) >= 11 is 1.84. The highest BCUT2D eigenvalue weighted by Crippen LogP contribution is 2.33. The largest absolute Gasteiger partial charge is 0.335 e. The Hall–Kier alpha value is -1.65. The van der Waals surface area contributed by atoms with Gasteiger partial charge in [0, 0.05) is 43.5 Å². The summed E-state index contributed by atoms with van der Waals surface area (Å²) in [6, 6.07) is 15.2. The van der Waals surface area contributed by atoms with Crippen molar-refractivity contribution in [2.75, 3.05) is 13.1 Å². The normalized spacial score (nSPS) is 24.8. The zero-order chi connectivity index (χ0) is 16.4. The molecule has 1 amide bonds. The maximum Gasteiger partial charge on any atom is 0.223 e. The van der Waals surface area contributed by atoms with Crippen molar-refractivity contribution >= 4 is 17.2 Å². The van der Waals surface area contributed by atoms with Crippen LogP contribution in [0, 0.1) is 5.92 Å². The Morgan fingerprint density at radius 1 is 1.04 bits per heavy atom. The van der Waals surface area contributed by atoms with E-state index in [0.717, 1.165) is 39.0 Å². The Kier molecular flexibility index (Phi) is 4.67. The molecular formula is C20H24N2OS. The van der Waals surface area contributed by atoms with Crippen LogP contribution in [-0.2, 0) is 17.9 Å².